The molecular weight excluding hydrogens is 525 g/mol. The Labute approximate surface area is 221 Å². The van der Waals surface area contributed by atoms with Gasteiger partial charge in [-0.2, -0.15) is 0 Å². The van der Waals surface area contributed by atoms with E-state index in [1.807, 2.05) is 4.90 Å². The summed E-state index contributed by atoms with van der Waals surface area (Å²) in [5.74, 6) is -1.73. The molecule has 0 bridgehead atoms. The number of sulfone groups is 1. The second-order valence-corrected chi connectivity index (χ2v) is 12.2. The first-order valence-electron chi connectivity index (χ1n) is 12.0. The molecule has 0 aromatic heterocycles. The summed E-state index contributed by atoms with van der Waals surface area (Å²) in [7, 11) is -4.50. The Hall–Kier alpha value is -2.13. The van der Waals surface area contributed by atoms with Crippen LogP contribution in [0.3, 0.4) is 0 Å². The zero-order valence-corrected chi connectivity index (χ0v) is 22.5. The van der Waals surface area contributed by atoms with Gasteiger partial charge < -0.3 is 9.47 Å². The zero-order valence-electron chi connectivity index (χ0n) is 20.2. The van der Waals surface area contributed by atoms with Crippen LogP contribution in [0.5, 0.6) is 0 Å². The van der Waals surface area contributed by atoms with Crippen LogP contribution >= 0.6 is 23.2 Å². The lowest BCUT2D eigenvalue weighted by Crippen LogP contribution is -2.71. The van der Waals surface area contributed by atoms with Gasteiger partial charge in [-0.15, -0.1) is 0 Å². The van der Waals surface area contributed by atoms with E-state index in [0.29, 0.717) is 40.6 Å². The van der Waals surface area contributed by atoms with Crippen LogP contribution in [-0.4, -0.2) is 61.1 Å². The molecule has 2 aliphatic heterocycles. The van der Waals surface area contributed by atoms with Gasteiger partial charge in [-0.25, -0.2) is 8.42 Å². The van der Waals surface area contributed by atoms with Crippen LogP contribution in [0.25, 0.3) is 0 Å². The standard InChI is InChI=1S/C26H29Cl2NO6S/c1-3-34-24(30)23-22(18-9-13-20(28)14-10-18)29-15-5-6-21(29)26(36(23,32)33,25(31)35-4-2)16-17-7-11-19(27)12-8-17/h7-14,21-23H,3-6,15-16H2,1-2H3/t21-,22+,23-,26-/m1/s1. The van der Waals surface area contributed by atoms with E-state index in [1.54, 1.807) is 62.4 Å². The Bertz CT molecular complexity index is 1220. The van der Waals surface area contributed by atoms with Gasteiger partial charge in [0.25, 0.3) is 0 Å². The summed E-state index contributed by atoms with van der Waals surface area (Å²) in [6.07, 6.45) is 0.989. The molecule has 2 aromatic carbocycles. The van der Waals surface area contributed by atoms with Gasteiger partial charge in [-0.1, -0.05) is 47.5 Å². The maximum atomic E-state index is 14.7. The van der Waals surface area contributed by atoms with Gasteiger partial charge in [0, 0.05) is 22.5 Å². The highest BCUT2D eigenvalue weighted by Crippen LogP contribution is 2.50. The van der Waals surface area contributed by atoms with Crippen molar-refractivity contribution >= 4 is 45.0 Å². The van der Waals surface area contributed by atoms with E-state index >= 15 is 0 Å². The molecule has 36 heavy (non-hydrogen) atoms. The Morgan fingerprint density at radius 3 is 2.14 bits per heavy atom. The average Bonchev–Trinajstić information content (AvgIpc) is 3.32. The molecule has 2 aromatic rings. The number of hydrogen-bond acceptors (Lipinski definition) is 7. The molecule has 10 heteroatoms. The molecule has 7 nitrogen and oxygen atoms in total. The van der Waals surface area contributed by atoms with Crippen molar-refractivity contribution in [1.82, 2.24) is 4.90 Å². The number of ether oxygens (including phenoxy) is 2. The monoisotopic (exact) mass is 553 g/mol. The fraction of sp³-hybridized carbons (Fsp3) is 0.462. The van der Waals surface area contributed by atoms with Crippen LogP contribution in [0.1, 0.15) is 43.9 Å². The SMILES string of the molecule is CCOC(=O)[C@H]1[C@H](c2ccc(Cl)cc2)N2CCC[C@@H]2[C@](Cc2ccc(Cl)cc2)(C(=O)OCC)S1(=O)=O. The second kappa shape index (κ2) is 10.7. The number of esters is 2. The number of halogens is 2. The number of nitrogens with zero attached hydrogens (tertiary/aromatic N) is 1. The highest BCUT2D eigenvalue weighted by molar-refractivity contribution is 7.95. The number of benzene rings is 2. The van der Waals surface area contributed by atoms with E-state index in [0.717, 1.165) is 0 Å². The van der Waals surface area contributed by atoms with Crippen LogP contribution < -0.4 is 0 Å². The zero-order chi connectivity index (χ0) is 26.1. The minimum Gasteiger partial charge on any atom is -0.465 e. The Kier molecular flexibility index (Phi) is 8.00. The molecule has 0 N–H and O–H groups in total. The van der Waals surface area contributed by atoms with Crippen LogP contribution in [-0.2, 0) is 35.3 Å². The van der Waals surface area contributed by atoms with Gasteiger partial charge in [0.15, 0.2) is 19.8 Å². The summed E-state index contributed by atoms with van der Waals surface area (Å²) in [6, 6.07) is 12.0. The van der Waals surface area contributed by atoms with Crippen LogP contribution in [0, 0.1) is 0 Å². The number of rotatable bonds is 7. The van der Waals surface area contributed by atoms with Crippen LogP contribution in [0.4, 0.5) is 0 Å². The van der Waals surface area contributed by atoms with Crippen molar-refractivity contribution in [2.75, 3.05) is 19.8 Å². The first-order chi connectivity index (χ1) is 17.2. The molecule has 2 heterocycles. The highest BCUT2D eigenvalue weighted by Gasteiger charge is 2.70. The van der Waals surface area contributed by atoms with Crippen molar-refractivity contribution < 1.29 is 27.5 Å². The Morgan fingerprint density at radius 2 is 1.56 bits per heavy atom. The van der Waals surface area contributed by atoms with E-state index in [9.17, 15) is 18.0 Å². The van der Waals surface area contributed by atoms with Crippen LogP contribution in [0.15, 0.2) is 48.5 Å². The maximum absolute atomic E-state index is 14.7. The van der Waals surface area contributed by atoms with Gasteiger partial charge in [-0.05, 0) is 68.6 Å². The van der Waals surface area contributed by atoms with Gasteiger partial charge in [0.1, 0.15) is 0 Å². The predicted molar refractivity (Wildman–Crippen MR) is 138 cm³/mol. The number of hydrogen-bond donors (Lipinski definition) is 0. The number of fused-ring (bicyclic) bond motifs is 1. The molecule has 0 spiro atoms. The molecule has 4 atom stereocenters. The normalized spacial score (nSPS) is 27.3. The van der Waals surface area contributed by atoms with E-state index in [-0.39, 0.29) is 19.6 Å². The van der Waals surface area contributed by atoms with Gasteiger partial charge in [0.05, 0.1) is 19.3 Å². The maximum Gasteiger partial charge on any atom is 0.329 e. The molecule has 2 aliphatic rings. The first-order valence-corrected chi connectivity index (χ1v) is 14.3. The van der Waals surface area contributed by atoms with Gasteiger partial charge in [0.2, 0.25) is 0 Å². The predicted octanol–water partition coefficient (Wildman–Crippen LogP) is 4.40. The van der Waals surface area contributed by atoms with Crippen molar-refractivity contribution in [2.24, 2.45) is 0 Å². The summed E-state index contributed by atoms with van der Waals surface area (Å²) >= 11 is 12.2. The lowest BCUT2D eigenvalue weighted by Gasteiger charge is -2.51. The molecule has 0 unspecified atom stereocenters. The van der Waals surface area contributed by atoms with E-state index in [2.05, 4.69) is 0 Å². The fourth-order valence-corrected chi connectivity index (χ4v) is 8.56. The summed E-state index contributed by atoms with van der Waals surface area (Å²) < 4.78 is 38.0. The molecule has 2 fully saturated rings. The Morgan fingerprint density at radius 1 is 0.972 bits per heavy atom. The van der Waals surface area contributed by atoms with Gasteiger partial charge >= 0.3 is 11.9 Å². The third kappa shape index (κ3) is 4.53. The van der Waals surface area contributed by atoms with Crippen molar-refractivity contribution in [1.29, 1.82) is 0 Å². The lowest BCUT2D eigenvalue weighted by molar-refractivity contribution is -0.150. The summed E-state index contributed by atoms with van der Waals surface area (Å²) in [5, 5.41) is -0.638. The Balaban J connectivity index is 1.96. The second-order valence-electron chi connectivity index (χ2n) is 9.02. The number of carbonyl (C=O) groups excluding carboxylic acids is 2. The van der Waals surface area contributed by atoms with Crippen molar-refractivity contribution in [3.05, 3.63) is 69.7 Å². The third-order valence-corrected chi connectivity index (χ3v) is 10.3. The van der Waals surface area contributed by atoms with Gasteiger partial charge in [-0.3, -0.25) is 14.5 Å². The molecule has 2 saturated heterocycles. The summed E-state index contributed by atoms with van der Waals surface area (Å²) in [4.78, 5) is 29.1. The molecule has 0 saturated carbocycles. The lowest BCUT2D eigenvalue weighted by atomic mass is 9.87. The van der Waals surface area contributed by atoms with Crippen LogP contribution in [0.2, 0.25) is 10.0 Å². The highest BCUT2D eigenvalue weighted by atomic mass is 35.5. The van der Waals surface area contributed by atoms with E-state index in [4.69, 9.17) is 32.7 Å². The van der Waals surface area contributed by atoms with E-state index in [1.165, 1.54) is 0 Å². The molecule has 0 aliphatic carbocycles. The summed E-state index contributed by atoms with van der Waals surface area (Å²) in [6.45, 7) is 3.79. The third-order valence-electron chi connectivity index (χ3n) is 7.05. The van der Waals surface area contributed by atoms with Crippen molar-refractivity contribution in [2.45, 2.75) is 55.2 Å². The van der Waals surface area contributed by atoms with Crippen molar-refractivity contribution in [3.8, 4) is 0 Å². The molecule has 194 valence electrons. The fourth-order valence-electron chi connectivity index (χ4n) is 5.59. The smallest absolute Gasteiger partial charge is 0.329 e. The topological polar surface area (TPSA) is 90.0 Å². The molecule has 0 radical (unpaired) electrons. The quantitative estimate of drug-likeness (QED) is 0.469. The first kappa shape index (κ1) is 26.9. The summed E-state index contributed by atoms with van der Waals surface area (Å²) in [5.41, 5.74) is 1.23. The minimum atomic E-state index is -4.50. The largest absolute Gasteiger partial charge is 0.465 e. The molecule has 4 rings (SSSR count). The van der Waals surface area contributed by atoms with E-state index < -0.39 is 43.9 Å². The number of carbonyl (C=O) groups is 2. The van der Waals surface area contributed by atoms with Crippen molar-refractivity contribution in [3.63, 3.8) is 0 Å². The molecular formula is C26H29Cl2NO6S. The average molecular weight is 554 g/mol. The molecule has 0 amide bonds. The minimum absolute atomic E-state index is 0.00517.